The first-order valence-electron chi connectivity index (χ1n) is 9.29. The standard InChI is InChI=1S/C11H9F3N4O.C8H11N3O/c12-11(13,14)8-4-2-1-3-7(8)5-18-6-16-10(17-18)9(15)19;1-10-7-4-5-9-11(7)6-2-3-8(10)12/h1-4,6H,5H2,(H2,15,19);4-5H,2-3,6H2,1H3. The summed E-state index contributed by atoms with van der Waals surface area (Å²) in [6.07, 6.45) is -0.0426. The van der Waals surface area contributed by atoms with Gasteiger partial charge in [0.05, 0.1) is 18.3 Å². The number of aryl methyl sites for hydroxylation is 1. The van der Waals surface area contributed by atoms with Crippen molar-refractivity contribution in [1.82, 2.24) is 24.5 Å². The molecule has 0 radical (unpaired) electrons. The number of nitrogens with two attached hydrogens (primary N) is 1. The first kappa shape index (κ1) is 22.0. The first-order chi connectivity index (χ1) is 14.7. The van der Waals surface area contributed by atoms with Crippen molar-refractivity contribution in [1.29, 1.82) is 0 Å². The normalized spacial score (nSPS) is 13.8. The number of alkyl halides is 3. The highest BCUT2D eigenvalue weighted by atomic mass is 19.4. The minimum absolute atomic E-state index is 0.0379. The number of fused-ring (bicyclic) bond motifs is 1. The van der Waals surface area contributed by atoms with E-state index in [4.69, 9.17) is 5.73 Å². The summed E-state index contributed by atoms with van der Waals surface area (Å²) in [6.45, 7) is 0.703. The van der Waals surface area contributed by atoms with Gasteiger partial charge in [-0.3, -0.25) is 9.59 Å². The molecule has 1 aliphatic rings. The number of aromatic nitrogens is 5. The lowest BCUT2D eigenvalue weighted by atomic mass is 10.1. The lowest BCUT2D eigenvalue weighted by Gasteiger charge is -2.13. The largest absolute Gasteiger partial charge is 0.416 e. The number of nitrogens with zero attached hydrogens (tertiary/aromatic N) is 6. The zero-order valence-electron chi connectivity index (χ0n) is 16.6. The van der Waals surface area contributed by atoms with Gasteiger partial charge in [0.25, 0.3) is 5.91 Å². The molecule has 0 aliphatic carbocycles. The van der Waals surface area contributed by atoms with Gasteiger partial charge < -0.3 is 10.6 Å². The molecule has 0 unspecified atom stereocenters. The fourth-order valence-electron chi connectivity index (χ4n) is 3.05. The Morgan fingerprint density at radius 1 is 1.23 bits per heavy atom. The fourth-order valence-corrected chi connectivity index (χ4v) is 3.05. The highest BCUT2D eigenvalue weighted by Crippen LogP contribution is 2.32. The average Bonchev–Trinajstić information content (AvgIpc) is 3.35. The topological polar surface area (TPSA) is 112 Å². The molecule has 1 aromatic carbocycles. The van der Waals surface area contributed by atoms with E-state index in [0.717, 1.165) is 35.9 Å². The Labute approximate surface area is 175 Å². The van der Waals surface area contributed by atoms with E-state index in [1.54, 1.807) is 18.1 Å². The molecule has 0 saturated carbocycles. The van der Waals surface area contributed by atoms with E-state index in [9.17, 15) is 22.8 Å². The molecule has 3 heterocycles. The van der Waals surface area contributed by atoms with E-state index < -0.39 is 17.6 Å². The predicted octanol–water partition coefficient (Wildman–Crippen LogP) is 2.08. The fraction of sp³-hybridized carbons (Fsp3) is 0.316. The van der Waals surface area contributed by atoms with Gasteiger partial charge in [0, 0.05) is 26.1 Å². The number of anilines is 1. The summed E-state index contributed by atoms with van der Waals surface area (Å²) in [4.78, 5) is 27.4. The Hall–Kier alpha value is -3.70. The maximum Gasteiger partial charge on any atom is 0.416 e. The summed E-state index contributed by atoms with van der Waals surface area (Å²) in [5.41, 5.74) is 4.26. The molecule has 0 saturated heterocycles. The minimum Gasteiger partial charge on any atom is -0.363 e. The van der Waals surface area contributed by atoms with Crippen LogP contribution in [0.3, 0.4) is 0 Å². The second kappa shape index (κ2) is 8.98. The highest BCUT2D eigenvalue weighted by molar-refractivity contribution is 5.92. The van der Waals surface area contributed by atoms with Gasteiger partial charge in [0.15, 0.2) is 0 Å². The van der Waals surface area contributed by atoms with E-state index in [0.29, 0.717) is 6.42 Å². The van der Waals surface area contributed by atoms with Crippen LogP contribution in [-0.2, 0) is 24.1 Å². The molecule has 0 atom stereocenters. The molecule has 3 aromatic rings. The lowest BCUT2D eigenvalue weighted by Crippen LogP contribution is -2.25. The highest BCUT2D eigenvalue weighted by Gasteiger charge is 2.33. The van der Waals surface area contributed by atoms with Crippen molar-refractivity contribution in [3.05, 3.63) is 59.8 Å². The monoisotopic (exact) mass is 435 g/mol. The van der Waals surface area contributed by atoms with E-state index in [-0.39, 0.29) is 23.8 Å². The van der Waals surface area contributed by atoms with Crippen LogP contribution < -0.4 is 10.6 Å². The summed E-state index contributed by atoms with van der Waals surface area (Å²) in [5.74, 6) is 0.0131. The minimum atomic E-state index is -4.44. The van der Waals surface area contributed by atoms with Gasteiger partial charge in [-0.15, -0.1) is 5.10 Å². The number of carbonyl (C=O) groups excluding carboxylic acids is 2. The molecule has 31 heavy (non-hydrogen) atoms. The first-order valence-corrected chi connectivity index (χ1v) is 9.29. The Morgan fingerprint density at radius 3 is 2.65 bits per heavy atom. The summed E-state index contributed by atoms with van der Waals surface area (Å²) in [6, 6.07) is 7.00. The SMILES string of the molecule is CN1C(=O)CCCn2nccc21.NC(=O)c1ncn(Cc2ccccc2C(F)(F)F)n1. The Morgan fingerprint density at radius 2 is 1.97 bits per heavy atom. The number of hydrogen-bond donors (Lipinski definition) is 1. The molecule has 2 N–H and O–H groups in total. The molecule has 0 spiro atoms. The van der Waals surface area contributed by atoms with Gasteiger partial charge in [0.2, 0.25) is 11.7 Å². The Kier molecular flexibility index (Phi) is 6.37. The summed E-state index contributed by atoms with van der Waals surface area (Å²) in [7, 11) is 1.79. The van der Waals surface area contributed by atoms with Crippen LogP contribution in [0.15, 0.2) is 42.9 Å². The second-order valence-corrected chi connectivity index (χ2v) is 6.75. The molecular weight excluding hydrogens is 415 g/mol. The molecule has 12 heteroatoms. The van der Waals surface area contributed by atoms with E-state index in [2.05, 4.69) is 15.2 Å². The zero-order valence-corrected chi connectivity index (χ0v) is 16.6. The van der Waals surface area contributed by atoms with Crippen molar-refractivity contribution < 1.29 is 22.8 Å². The van der Waals surface area contributed by atoms with Crippen LogP contribution in [0.5, 0.6) is 0 Å². The number of benzene rings is 1. The maximum atomic E-state index is 12.8. The zero-order chi connectivity index (χ0) is 22.6. The van der Waals surface area contributed by atoms with Crippen LogP contribution in [0, 0.1) is 0 Å². The lowest BCUT2D eigenvalue weighted by molar-refractivity contribution is -0.138. The van der Waals surface area contributed by atoms with Crippen LogP contribution >= 0.6 is 0 Å². The van der Waals surface area contributed by atoms with Gasteiger partial charge in [-0.25, -0.2) is 14.3 Å². The number of primary amides is 1. The Balaban J connectivity index is 0.000000194. The van der Waals surface area contributed by atoms with Crippen molar-refractivity contribution in [3.8, 4) is 0 Å². The van der Waals surface area contributed by atoms with Crippen LogP contribution in [0.1, 0.15) is 34.6 Å². The van der Waals surface area contributed by atoms with Crippen LogP contribution in [0.25, 0.3) is 0 Å². The van der Waals surface area contributed by atoms with Crippen molar-refractivity contribution in [2.45, 2.75) is 32.1 Å². The molecule has 2 aromatic heterocycles. The quantitative estimate of drug-likeness (QED) is 0.677. The van der Waals surface area contributed by atoms with Gasteiger partial charge in [0.1, 0.15) is 12.1 Å². The summed E-state index contributed by atoms with van der Waals surface area (Å²) >= 11 is 0. The number of amides is 2. The Bertz CT molecular complexity index is 1070. The number of carbonyl (C=O) groups is 2. The molecule has 0 bridgehead atoms. The third kappa shape index (κ3) is 5.27. The van der Waals surface area contributed by atoms with Gasteiger partial charge in [-0.1, -0.05) is 18.2 Å². The maximum absolute atomic E-state index is 12.8. The van der Waals surface area contributed by atoms with Crippen molar-refractivity contribution in [2.75, 3.05) is 11.9 Å². The molecule has 2 amide bonds. The third-order valence-electron chi connectivity index (χ3n) is 4.58. The smallest absolute Gasteiger partial charge is 0.363 e. The van der Waals surface area contributed by atoms with E-state index >= 15 is 0 Å². The predicted molar refractivity (Wildman–Crippen MR) is 104 cm³/mol. The van der Waals surface area contributed by atoms with Crippen LogP contribution in [0.2, 0.25) is 0 Å². The average molecular weight is 435 g/mol. The van der Waals surface area contributed by atoms with Crippen molar-refractivity contribution >= 4 is 17.6 Å². The molecule has 164 valence electrons. The van der Waals surface area contributed by atoms with Crippen molar-refractivity contribution in [3.63, 3.8) is 0 Å². The molecule has 1 aliphatic heterocycles. The van der Waals surface area contributed by atoms with Crippen LogP contribution in [0.4, 0.5) is 19.0 Å². The molecule has 9 nitrogen and oxygen atoms in total. The number of halogens is 3. The third-order valence-corrected chi connectivity index (χ3v) is 4.58. The van der Waals surface area contributed by atoms with Gasteiger partial charge in [-0.2, -0.15) is 18.3 Å². The molecule has 4 rings (SSSR count). The van der Waals surface area contributed by atoms with Gasteiger partial charge in [-0.05, 0) is 18.1 Å². The summed E-state index contributed by atoms with van der Waals surface area (Å²) < 4.78 is 41.3. The summed E-state index contributed by atoms with van der Waals surface area (Å²) in [5, 5.41) is 7.82. The van der Waals surface area contributed by atoms with Gasteiger partial charge >= 0.3 is 6.18 Å². The number of rotatable bonds is 3. The van der Waals surface area contributed by atoms with E-state index in [1.807, 2.05) is 10.7 Å². The number of hydrogen-bond acceptors (Lipinski definition) is 5. The molecule has 0 fully saturated rings. The van der Waals surface area contributed by atoms with Crippen LogP contribution in [-0.4, -0.2) is 43.4 Å². The second-order valence-electron chi connectivity index (χ2n) is 6.75. The van der Waals surface area contributed by atoms with Crippen molar-refractivity contribution in [2.24, 2.45) is 5.73 Å². The van der Waals surface area contributed by atoms with E-state index in [1.165, 1.54) is 18.2 Å². The molecular formula is C19H20F3N7O2.